The van der Waals surface area contributed by atoms with E-state index in [-0.39, 0.29) is 5.60 Å². The van der Waals surface area contributed by atoms with Gasteiger partial charge in [-0.1, -0.05) is 25.1 Å². The van der Waals surface area contributed by atoms with Gasteiger partial charge in [0.2, 0.25) is 0 Å². The normalized spacial score (nSPS) is 12.1. The minimum Gasteiger partial charge on any atom is -0.487 e. The van der Waals surface area contributed by atoms with Gasteiger partial charge in [-0.25, -0.2) is 0 Å². The highest BCUT2D eigenvalue weighted by atomic mass is 16.5. The van der Waals surface area contributed by atoms with Crippen molar-refractivity contribution >= 4 is 21.9 Å². The molecule has 1 aromatic heterocycles. The van der Waals surface area contributed by atoms with Crippen LogP contribution in [0.15, 0.2) is 46.9 Å². The van der Waals surface area contributed by atoms with E-state index in [1.165, 1.54) is 0 Å². The van der Waals surface area contributed by atoms with Gasteiger partial charge in [0.1, 0.15) is 22.5 Å². The molecule has 1 heterocycles. The van der Waals surface area contributed by atoms with Crippen LogP contribution < -0.4 is 10.1 Å². The predicted molar refractivity (Wildman–Crippen MR) is 87.0 cm³/mol. The Hall–Kier alpha value is -2.00. The first-order chi connectivity index (χ1) is 10.1. The maximum Gasteiger partial charge on any atom is 0.135 e. The molecule has 3 rings (SSSR count). The first-order valence-electron chi connectivity index (χ1n) is 7.40. The molecule has 0 saturated heterocycles. The summed E-state index contributed by atoms with van der Waals surface area (Å²) in [5.74, 6) is 0.872. The molecule has 0 spiro atoms. The van der Waals surface area contributed by atoms with E-state index in [1.54, 1.807) is 0 Å². The zero-order valence-corrected chi connectivity index (χ0v) is 12.8. The molecule has 0 amide bonds. The van der Waals surface area contributed by atoms with Crippen LogP contribution >= 0.6 is 0 Å². The van der Waals surface area contributed by atoms with E-state index in [9.17, 15) is 0 Å². The Balaban J connectivity index is 1.95. The van der Waals surface area contributed by atoms with E-state index < -0.39 is 0 Å². The Morgan fingerprint density at radius 1 is 1.05 bits per heavy atom. The first kappa shape index (κ1) is 14.0. The Morgan fingerprint density at radius 2 is 1.81 bits per heavy atom. The summed E-state index contributed by atoms with van der Waals surface area (Å²) < 4.78 is 12.0. The van der Waals surface area contributed by atoms with Crippen molar-refractivity contribution in [1.82, 2.24) is 5.32 Å². The van der Waals surface area contributed by atoms with Crippen LogP contribution in [0.3, 0.4) is 0 Å². The maximum absolute atomic E-state index is 6.13. The van der Waals surface area contributed by atoms with Crippen LogP contribution in [0.5, 0.6) is 5.75 Å². The van der Waals surface area contributed by atoms with Gasteiger partial charge >= 0.3 is 0 Å². The van der Waals surface area contributed by atoms with Gasteiger partial charge in [0, 0.05) is 17.3 Å². The van der Waals surface area contributed by atoms with Crippen LogP contribution in [0.1, 0.15) is 20.8 Å². The van der Waals surface area contributed by atoms with E-state index in [1.807, 2.05) is 30.3 Å². The number of para-hydroxylation sites is 1. The second-order valence-corrected chi connectivity index (χ2v) is 5.90. The lowest BCUT2D eigenvalue weighted by atomic mass is 10.1. The van der Waals surface area contributed by atoms with E-state index in [0.29, 0.717) is 0 Å². The molecule has 0 fully saturated rings. The summed E-state index contributed by atoms with van der Waals surface area (Å²) >= 11 is 0. The van der Waals surface area contributed by atoms with Crippen molar-refractivity contribution < 1.29 is 9.15 Å². The third-order valence-electron chi connectivity index (χ3n) is 3.54. The van der Waals surface area contributed by atoms with Gasteiger partial charge in [0.25, 0.3) is 0 Å². The monoisotopic (exact) mass is 283 g/mol. The Kier molecular flexibility index (Phi) is 3.60. The number of rotatable bonds is 5. The van der Waals surface area contributed by atoms with Crippen LogP contribution in [-0.4, -0.2) is 18.7 Å². The largest absolute Gasteiger partial charge is 0.487 e. The molecule has 0 aliphatic rings. The molecule has 0 saturated carbocycles. The Morgan fingerprint density at radius 3 is 2.62 bits per heavy atom. The molecule has 0 atom stereocenters. The number of furan rings is 1. The zero-order chi connectivity index (χ0) is 14.9. The molecule has 0 aliphatic carbocycles. The number of fused-ring (bicyclic) bond motifs is 3. The van der Waals surface area contributed by atoms with Crippen molar-refractivity contribution in [2.45, 2.75) is 26.4 Å². The lowest BCUT2D eigenvalue weighted by Crippen LogP contribution is -2.40. The summed E-state index contributed by atoms with van der Waals surface area (Å²) in [6, 6.07) is 14.1. The average Bonchev–Trinajstić information content (AvgIpc) is 2.83. The van der Waals surface area contributed by atoms with Gasteiger partial charge in [-0.3, -0.25) is 0 Å². The van der Waals surface area contributed by atoms with Crippen LogP contribution in [0, 0.1) is 0 Å². The zero-order valence-electron chi connectivity index (χ0n) is 12.8. The van der Waals surface area contributed by atoms with Crippen LogP contribution in [0.2, 0.25) is 0 Å². The molecule has 0 radical (unpaired) electrons. The van der Waals surface area contributed by atoms with Gasteiger partial charge in [0.15, 0.2) is 0 Å². The molecular weight excluding hydrogens is 262 g/mol. The average molecular weight is 283 g/mol. The minimum absolute atomic E-state index is 0.247. The third kappa shape index (κ3) is 2.88. The predicted octanol–water partition coefficient (Wildman–Crippen LogP) is 4.35. The fraction of sp³-hybridized carbons (Fsp3) is 0.333. The first-order valence-corrected chi connectivity index (χ1v) is 7.40. The third-order valence-corrected chi connectivity index (χ3v) is 3.54. The molecule has 0 unspecified atom stereocenters. The van der Waals surface area contributed by atoms with E-state index in [0.717, 1.165) is 40.8 Å². The molecule has 110 valence electrons. The van der Waals surface area contributed by atoms with Crippen molar-refractivity contribution in [2.24, 2.45) is 0 Å². The summed E-state index contributed by atoms with van der Waals surface area (Å²) in [6.07, 6.45) is 0. The smallest absolute Gasteiger partial charge is 0.135 e. The van der Waals surface area contributed by atoms with Crippen molar-refractivity contribution in [2.75, 3.05) is 13.1 Å². The fourth-order valence-corrected chi connectivity index (χ4v) is 2.55. The van der Waals surface area contributed by atoms with Gasteiger partial charge in [-0.05, 0) is 44.7 Å². The molecule has 3 aromatic rings. The van der Waals surface area contributed by atoms with E-state index >= 15 is 0 Å². The van der Waals surface area contributed by atoms with Gasteiger partial charge in [-0.15, -0.1) is 0 Å². The minimum atomic E-state index is -0.247. The fourth-order valence-electron chi connectivity index (χ4n) is 2.55. The lowest BCUT2D eigenvalue weighted by molar-refractivity contribution is 0.109. The molecule has 3 heteroatoms. The van der Waals surface area contributed by atoms with Crippen molar-refractivity contribution in [1.29, 1.82) is 0 Å². The Labute approximate surface area is 124 Å². The number of ether oxygens (including phenoxy) is 1. The number of hydrogen-bond acceptors (Lipinski definition) is 3. The number of hydrogen-bond donors (Lipinski definition) is 1. The van der Waals surface area contributed by atoms with E-state index in [2.05, 4.69) is 38.2 Å². The molecule has 0 aliphatic heterocycles. The van der Waals surface area contributed by atoms with Crippen LogP contribution in [0.25, 0.3) is 21.9 Å². The van der Waals surface area contributed by atoms with Gasteiger partial charge < -0.3 is 14.5 Å². The topological polar surface area (TPSA) is 34.4 Å². The number of nitrogens with one attached hydrogen (secondary N) is 1. The van der Waals surface area contributed by atoms with Crippen LogP contribution in [0.4, 0.5) is 0 Å². The Bertz CT molecular complexity index is 758. The van der Waals surface area contributed by atoms with Gasteiger partial charge in [-0.2, -0.15) is 0 Å². The molecular formula is C18H21NO2. The summed E-state index contributed by atoms with van der Waals surface area (Å²) in [5, 5.41) is 5.55. The lowest BCUT2D eigenvalue weighted by Gasteiger charge is -2.26. The highest BCUT2D eigenvalue weighted by Gasteiger charge is 2.19. The van der Waals surface area contributed by atoms with E-state index in [4.69, 9.17) is 9.15 Å². The van der Waals surface area contributed by atoms with Crippen molar-refractivity contribution in [3.05, 3.63) is 42.5 Å². The molecule has 0 bridgehead atoms. The summed E-state index contributed by atoms with van der Waals surface area (Å²) in [5.41, 5.74) is 1.56. The summed E-state index contributed by atoms with van der Waals surface area (Å²) in [4.78, 5) is 0. The number of likely N-dealkylation sites (N-methyl/N-ethyl adjacent to an activating group) is 1. The van der Waals surface area contributed by atoms with Crippen LogP contribution in [-0.2, 0) is 0 Å². The second-order valence-electron chi connectivity index (χ2n) is 5.90. The second kappa shape index (κ2) is 5.41. The van der Waals surface area contributed by atoms with Crippen molar-refractivity contribution in [3.8, 4) is 5.75 Å². The maximum atomic E-state index is 6.13. The SMILES string of the molecule is CCNCC(C)(C)Oc1ccc2oc3ccccc3c2c1. The molecule has 2 aromatic carbocycles. The summed E-state index contributed by atoms with van der Waals surface area (Å²) in [6.45, 7) is 8.03. The molecule has 1 N–H and O–H groups in total. The molecule has 3 nitrogen and oxygen atoms in total. The standard InChI is InChI=1S/C18H21NO2/c1-4-19-12-18(2,3)21-13-9-10-17-15(11-13)14-7-5-6-8-16(14)20-17/h5-11,19H,4,12H2,1-3H3. The quantitative estimate of drug-likeness (QED) is 0.755. The molecule has 21 heavy (non-hydrogen) atoms. The van der Waals surface area contributed by atoms with Crippen molar-refractivity contribution in [3.63, 3.8) is 0 Å². The summed E-state index contributed by atoms with van der Waals surface area (Å²) in [7, 11) is 0. The highest BCUT2D eigenvalue weighted by Crippen LogP contribution is 2.32. The number of benzene rings is 2. The highest BCUT2D eigenvalue weighted by molar-refractivity contribution is 6.05. The van der Waals surface area contributed by atoms with Gasteiger partial charge in [0.05, 0.1) is 0 Å².